The molecule has 0 saturated heterocycles. The summed E-state index contributed by atoms with van der Waals surface area (Å²) >= 11 is 0. The molecule has 0 N–H and O–H groups in total. The summed E-state index contributed by atoms with van der Waals surface area (Å²) in [6.45, 7) is 10.4. The Morgan fingerprint density at radius 3 is 1.78 bits per heavy atom. The molecule has 0 heterocycles. The highest BCUT2D eigenvalue weighted by Crippen LogP contribution is 2.38. The normalized spacial score (nSPS) is 37.8. The maximum absolute atomic E-state index is 11.9. The Morgan fingerprint density at radius 2 is 1.33 bits per heavy atom. The van der Waals surface area contributed by atoms with Crippen LogP contribution in [-0.4, -0.2) is 35.1 Å². The van der Waals surface area contributed by atoms with Gasteiger partial charge in [0.25, 0.3) is 0 Å². The molecule has 4 unspecified atom stereocenters. The van der Waals surface area contributed by atoms with Gasteiger partial charge >= 0.3 is 5.97 Å². The van der Waals surface area contributed by atoms with E-state index in [0.717, 1.165) is 36.8 Å². The van der Waals surface area contributed by atoms with Crippen LogP contribution in [-0.2, 0) is 9.53 Å². The average Bonchev–Trinajstić information content (AvgIpc) is 2.63. The van der Waals surface area contributed by atoms with Crippen LogP contribution in [0.2, 0.25) is 0 Å². The summed E-state index contributed by atoms with van der Waals surface area (Å²) < 4.78 is 5.65. The topological polar surface area (TPSA) is 29.5 Å². The highest BCUT2D eigenvalue weighted by molar-refractivity contribution is 5.87. The first kappa shape index (κ1) is 20.9. The second-order valence-electron chi connectivity index (χ2n) is 9.91. The van der Waals surface area contributed by atoms with E-state index in [4.69, 9.17) is 4.74 Å². The zero-order valence-electron chi connectivity index (χ0n) is 17.9. The summed E-state index contributed by atoms with van der Waals surface area (Å²) in [7, 11) is 0. The van der Waals surface area contributed by atoms with Crippen LogP contribution in [0.5, 0.6) is 0 Å². The third-order valence-electron chi connectivity index (χ3n) is 7.35. The van der Waals surface area contributed by atoms with Gasteiger partial charge in [0.05, 0.1) is 0 Å². The SMILES string of the molecule is C=C(C)C(=O)OC1CCC(N(C2CCCC(C)C2)C2CCCC(C)C2)CC1. The summed E-state index contributed by atoms with van der Waals surface area (Å²) in [6, 6.07) is 2.25. The third-order valence-corrected chi connectivity index (χ3v) is 7.35. The van der Waals surface area contributed by atoms with Gasteiger partial charge in [0.2, 0.25) is 0 Å². The van der Waals surface area contributed by atoms with Gasteiger partial charge in [-0.3, -0.25) is 4.90 Å². The van der Waals surface area contributed by atoms with Gasteiger partial charge in [-0.1, -0.05) is 46.1 Å². The van der Waals surface area contributed by atoms with E-state index in [1.54, 1.807) is 6.92 Å². The minimum absolute atomic E-state index is 0.0999. The van der Waals surface area contributed by atoms with Crippen molar-refractivity contribution in [3.8, 4) is 0 Å². The van der Waals surface area contributed by atoms with Crippen molar-refractivity contribution in [3.63, 3.8) is 0 Å². The number of rotatable bonds is 5. The van der Waals surface area contributed by atoms with Gasteiger partial charge in [-0.2, -0.15) is 0 Å². The van der Waals surface area contributed by atoms with Crippen molar-refractivity contribution in [3.05, 3.63) is 12.2 Å². The molecule has 3 saturated carbocycles. The van der Waals surface area contributed by atoms with Crippen LogP contribution in [0.15, 0.2) is 12.2 Å². The molecule has 0 bridgehead atoms. The molecule has 0 aliphatic heterocycles. The van der Waals surface area contributed by atoms with Crippen LogP contribution in [0.4, 0.5) is 0 Å². The maximum Gasteiger partial charge on any atom is 0.333 e. The summed E-state index contributed by atoms with van der Waals surface area (Å²) in [5, 5.41) is 0. The van der Waals surface area contributed by atoms with E-state index in [1.807, 2.05) is 0 Å². The van der Waals surface area contributed by atoms with E-state index in [1.165, 1.54) is 64.2 Å². The first-order chi connectivity index (χ1) is 12.9. The lowest BCUT2D eigenvalue weighted by Gasteiger charge is -2.49. The smallest absolute Gasteiger partial charge is 0.333 e. The predicted octanol–water partition coefficient (Wildman–Crippen LogP) is 5.88. The first-order valence-corrected chi connectivity index (χ1v) is 11.6. The molecule has 3 rings (SSSR count). The molecular weight excluding hydrogens is 334 g/mol. The fourth-order valence-electron chi connectivity index (χ4n) is 5.95. The Bertz CT molecular complexity index is 487. The monoisotopic (exact) mass is 375 g/mol. The molecule has 0 amide bonds. The van der Waals surface area contributed by atoms with Crippen molar-refractivity contribution in [1.29, 1.82) is 0 Å². The van der Waals surface area contributed by atoms with Gasteiger partial charge in [0.15, 0.2) is 0 Å². The number of ether oxygens (including phenoxy) is 1. The molecule has 0 aromatic carbocycles. The van der Waals surface area contributed by atoms with Gasteiger partial charge in [0.1, 0.15) is 6.10 Å². The van der Waals surface area contributed by atoms with E-state index in [9.17, 15) is 4.79 Å². The molecule has 0 aromatic rings. The van der Waals surface area contributed by atoms with Crippen molar-refractivity contribution < 1.29 is 9.53 Å². The maximum atomic E-state index is 11.9. The van der Waals surface area contributed by atoms with Gasteiger partial charge in [-0.05, 0) is 70.1 Å². The fraction of sp³-hybridized carbons (Fsp3) is 0.875. The third kappa shape index (κ3) is 5.59. The van der Waals surface area contributed by atoms with E-state index < -0.39 is 0 Å². The van der Waals surface area contributed by atoms with Crippen molar-refractivity contribution in [2.24, 2.45) is 11.8 Å². The standard InChI is InChI=1S/C24H41NO2/c1-17(2)24(26)27-23-13-11-20(12-14-23)25(21-9-5-7-18(3)15-21)22-10-6-8-19(4)16-22/h18-23H,1,5-16H2,2-4H3. The Hall–Kier alpha value is -0.830. The molecular formula is C24H41NO2. The zero-order chi connectivity index (χ0) is 19.4. The van der Waals surface area contributed by atoms with E-state index >= 15 is 0 Å². The predicted molar refractivity (Wildman–Crippen MR) is 112 cm³/mol. The summed E-state index contributed by atoms with van der Waals surface area (Å²) in [4.78, 5) is 14.8. The quantitative estimate of drug-likeness (QED) is 0.444. The molecule has 0 spiro atoms. The fourth-order valence-corrected chi connectivity index (χ4v) is 5.95. The van der Waals surface area contributed by atoms with Crippen LogP contribution in [0.25, 0.3) is 0 Å². The number of esters is 1. The lowest BCUT2D eigenvalue weighted by Crippen LogP contribution is -2.53. The molecule has 3 nitrogen and oxygen atoms in total. The van der Waals surface area contributed by atoms with Crippen molar-refractivity contribution in [1.82, 2.24) is 4.90 Å². The molecule has 0 aromatic heterocycles. The number of hydrogen-bond acceptors (Lipinski definition) is 3. The molecule has 3 fully saturated rings. The first-order valence-electron chi connectivity index (χ1n) is 11.6. The van der Waals surface area contributed by atoms with E-state index in [2.05, 4.69) is 25.3 Å². The Morgan fingerprint density at radius 1 is 0.815 bits per heavy atom. The highest BCUT2D eigenvalue weighted by atomic mass is 16.5. The number of nitrogens with zero attached hydrogens (tertiary/aromatic N) is 1. The Labute approximate surface area is 166 Å². The average molecular weight is 376 g/mol. The number of carbonyl (C=O) groups is 1. The van der Waals surface area contributed by atoms with Gasteiger partial charge in [0, 0.05) is 23.7 Å². The lowest BCUT2D eigenvalue weighted by atomic mass is 9.79. The largest absolute Gasteiger partial charge is 0.459 e. The second kappa shape index (κ2) is 9.58. The minimum atomic E-state index is -0.211. The molecule has 27 heavy (non-hydrogen) atoms. The second-order valence-corrected chi connectivity index (χ2v) is 9.91. The van der Waals surface area contributed by atoms with Crippen molar-refractivity contribution in [2.75, 3.05) is 0 Å². The molecule has 3 aliphatic rings. The van der Waals surface area contributed by atoms with Gasteiger partial charge < -0.3 is 4.74 Å². The summed E-state index contributed by atoms with van der Waals surface area (Å²) in [5.74, 6) is 1.54. The number of hydrogen-bond donors (Lipinski definition) is 0. The van der Waals surface area contributed by atoms with E-state index in [-0.39, 0.29) is 12.1 Å². The van der Waals surface area contributed by atoms with Gasteiger partial charge in [-0.15, -0.1) is 0 Å². The Kier molecular flexibility index (Phi) is 7.42. The summed E-state index contributed by atoms with van der Waals surface area (Å²) in [5.41, 5.74) is 0.520. The molecule has 3 aliphatic carbocycles. The number of carbonyl (C=O) groups excluding carboxylic acids is 1. The molecule has 0 radical (unpaired) electrons. The van der Waals surface area contributed by atoms with Crippen LogP contribution < -0.4 is 0 Å². The van der Waals surface area contributed by atoms with Crippen LogP contribution >= 0.6 is 0 Å². The van der Waals surface area contributed by atoms with E-state index in [0.29, 0.717) is 11.6 Å². The van der Waals surface area contributed by atoms with Gasteiger partial charge in [-0.25, -0.2) is 4.79 Å². The zero-order valence-corrected chi connectivity index (χ0v) is 17.9. The molecule has 4 atom stereocenters. The molecule has 3 heteroatoms. The molecule has 154 valence electrons. The van der Waals surface area contributed by atoms with Crippen LogP contribution in [0, 0.1) is 11.8 Å². The van der Waals surface area contributed by atoms with Crippen LogP contribution in [0.3, 0.4) is 0 Å². The minimum Gasteiger partial charge on any atom is -0.459 e. The van der Waals surface area contributed by atoms with Crippen LogP contribution in [0.1, 0.15) is 97.8 Å². The lowest BCUT2D eigenvalue weighted by molar-refractivity contribution is -0.146. The highest BCUT2D eigenvalue weighted by Gasteiger charge is 2.38. The summed E-state index contributed by atoms with van der Waals surface area (Å²) in [6.07, 6.45) is 15.7. The van der Waals surface area contributed by atoms with Crippen molar-refractivity contribution in [2.45, 2.75) is 122 Å². The van der Waals surface area contributed by atoms with Crippen molar-refractivity contribution >= 4 is 5.97 Å². The Balaban J connectivity index is 1.64.